The summed E-state index contributed by atoms with van der Waals surface area (Å²) < 4.78 is 14.4. The number of rotatable bonds is 1. The predicted octanol–water partition coefficient (Wildman–Crippen LogP) is 2.40. The highest BCUT2D eigenvalue weighted by Crippen LogP contribution is 2.29. The Hall–Kier alpha value is -1.44. The molecular formula is C10H6FNOS. The molecule has 4 heteroatoms. The molecule has 2 rings (SSSR count). The number of halogens is 1. The van der Waals surface area contributed by atoms with Crippen LogP contribution in [0.2, 0.25) is 0 Å². The summed E-state index contributed by atoms with van der Waals surface area (Å²) in [6.07, 6.45) is 0. The fraction of sp³-hybridized carbons (Fsp3) is 0.100. The number of nitriles is 1. The van der Waals surface area contributed by atoms with Crippen molar-refractivity contribution in [3.8, 4) is 6.07 Å². The lowest BCUT2D eigenvalue weighted by Gasteiger charge is -1.99. The number of nitrogens with zero attached hydrogens (tertiary/aromatic N) is 1. The van der Waals surface area contributed by atoms with Gasteiger partial charge < -0.3 is 5.11 Å². The Balaban J connectivity index is 2.85. The van der Waals surface area contributed by atoms with E-state index in [2.05, 4.69) is 0 Å². The van der Waals surface area contributed by atoms with E-state index in [4.69, 9.17) is 10.4 Å². The van der Waals surface area contributed by atoms with Crippen molar-refractivity contribution in [2.75, 3.05) is 0 Å². The quantitative estimate of drug-likeness (QED) is 0.780. The molecule has 0 saturated carbocycles. The van der Waals surface area contributed by atoms with Gasteiger partial charge in [-0.2, -0.15) is 5.26 Å². The largest absolute Gasteiger partial charge is 0.392 e. The summed E-state index contributed by atoms with van der Waals surface area (Å²) in [6, 6.07) is 5.19. The van der Waals surface area contributed by atoms with Crippen LogP contribution in [-0.4, -0.2) is 5.11 Å². The SMILES string of the molecule is N#Cc1csc2ccc(CO)c(F)c12. The second kappa shape index (κ2) is 3.37. The van der Waals surface area contributed by atoms with Gasteiger partial charge in [0.2, 0.25) is 0 Å². The third kappa shape index (κ3) is 1.18. The summed E-state index contributed by atoms with van der Waals surface area (Å²) in [5.74, 6) is -0.484. The van der Waals surface area contributed by atoms with E-state index in [1.807, 2.05) is 6.07 Å². The van der Waals surface area contributed by atoms with Crippen LogP contribution in [0.15, 0.2) is 17.5 Å². The Kier molecular flexibility index (Phi) is 2.20. The molecule has 0 aliphatic rings. The van der Waals surface area contributed by atoms with Gasteiger partial charge in [-0.15, -0.1) is 11.3 Å². The summed E-state index contributed by atoms with van der Waals surface area (Å²) in [6.45, 7) is -0.345. The molecule has 1 aromatic heterocycles. The fourth-order valence-electron chi connectivity index (χ4n) is 1.34. The van der Waals surface area contributed by atoms with Crippen LogP contribution in [0.4, 0.5) is 4.39 Å². The van der Waals surface area contributed by atoms with Crippen molar-refractivity contribution in [2.45, 2.75) is 6.61 Å². The van der Waals surface area contributed by atoms with Crippen molar-refractivity contribution in [1.29, 1.82) is 5.26 Å². The highest BCUT2D eigenvalue weighted by atomic mass is 32.1. The second-order valence-corrected chi connectivity index (χ2v) is 3.74. The van der Waals surface area contributed by atoms with Gasteiger partial charge in [0.15, 0.2) is 0 Å². The van der Waals surface area contributed by atoms with Crippen LogP contribution in [0, 0.1) is 17.1 Å². The molecule has 0 saturated heterocycles. The van der Waals surface area contributed by atoms with Gasteiger partial charge in [0.05, 0.1) is 12.2 Å². The number of hydrogen-bond donors (Lipinski definition) is 1. The van der Waals surface area contributed by atoms with Gasteiger partial charge >= 0.3 is 0 Å². The lowest BCUT2D eigenvalue weighted by Crippen LogP contribution is -1.90. The maximum Gasteiger partial charge on any atom is 0.138 e. The van der Waals surface area contributed by atoms with Crippen LogP contribution in [0.3, 0.4) is 0 Å². The van der Waals surface area contributed by atoms with Crippen LogP contribution in [0.1, 0.15) is 11.1 Å². The van der Waals surface area contributed by atoms with Gasteiger partial charge in [0.25, 0.3) is 0 Å². The van der Waals surface area contributed by atoms with Crippen molar-refractivity contribution in [3.05, 3.63) is 34.5 Å². The first-order chi connectivity index (χ1) is 6.77. The molecule has 1 aromatic carbocycles. The monoisotopic (exact) mass is 207 g/mol. The molecular weight excluding hydrogens is 201 g/mol. The van der Waals surface area contributed by atoms with Gasteiger partial charge in [-0.3, -0.25) is 0 Å². The minimum Gasteiger partial charge on any atom is -0.392 e. The first kappa shape index (κ1) is 9.13. The average molecular weight is 207 g/mol. The maximum atomic E-state index is 13.6. The van der Waals surface area contributed by atoms with E-state index in [0.717, 1.165) is 4.70 Å². The summed E-state index contributed by atoms with van der Waals surface area (Å²) >= 11 is 1.33. The van der Waals surface area contributed by atoms with Gasteiger partial charge in [0.1, 0.15) is 11.9 Å². The smallest absolute Gasteiger partial charge is 0.138 e. The van der Waals surface area contributed by atoms with E-state index in [1.165, 1.54) is 17.4 Å². The second-order valence-electron chi connectivity index (χ2n) is 2.83. The van der Waals surface area contributed by atoms with Crippen LogP contribution in [0.25, 0.3) is 10.1 Å². The van der Waals surface area contributed by atoms with Crippen LogP contribution < -0.4 is 0 Å². The Morgan fingerprint density at radius 3 is 2.93 bits per heavy atom. The molecule has 70 valence electrons. The van der Waals surface area contributed by atoms with Crippen LogP contribution >= 0.6 is 11.3 Å². The van der Waals surface area contributed by atoms with Gasteiger partial charge in [-0.05, 0) is 6.07 Å². The Bertz CT molecular complexity index is 527. The number of thiophene rings is 1. The molecule has 2 nitrogen and oxygen atoms in total. The zero-order chi connectivity index (χ0) is 10.1. The lowest BCUT2D eigenvalue weighted by molar-refractivity contribution is 0.276. The molecule has 2 aromatic rings. The highest BCUT2D eigenvalue weighted by molar-refractivity contribution is 7.17. The molecule has 0 spiro atoms. The minimum atomic E-state index is -0.484. The number of hydrogen-bond acceptors (Lipinski definition) is 3. The van der Waals surface area contributed by atoms with Crippen molar-refractivity contribution in [1.82, 2.24) is 0 Å². The molecule has 0 fully saturated rings. The predicted molar refractivity (Wildman–Crippen MR) is 52.4 cm³/mol. The van der Waals surface area contributed by atoms with E-state index >= 15 is 0 Å². The molecule has 0 radical (unpaired) electrons. The fourth-order valence-corrected chi connectivity index (χ4v) is 2.22. The molecule has 1 heterocycles. The van der Waals surface area contributed by atoms with Crippen molar-refractivity contribution >= 4 is 21.4 Å². The maximum absolute atomic E-state index is 13.6. The van der Waals surface area contributed by atoms with Crippen molar-refractivity contribution < 1.29 is 9.50 Å². The highest BCUT2D eigenvalue weighted by Gasteiger charge is 2.11. The van der Waals surface area contributed by atoms with E-state index in [1.54, 1.807) is 11.4 Å². The zero-order valence-electron chi connectivity index (χ0n) is 7.12. The normalized spacial score (nSPS) is 10.4. The molecule has 0 aliphatic carbocycles. The van der Waals surface area contributed by atoms with Gasteiger partial charge in [-0.25, -0.2) is 4.39 Å². The van der Waals surface area contributed by atoms with Crippen molar-refractivity contribution in [2.24, 2.45) is 0 Å². The number of aliphatic hydroxyl groups is 1. The van der Waals surface area contributed by atoms with E-state index in [0.29, 0.717) is 10.9 Å². The standard InChI is InChI=1S/C10H6FNOS/c11-10-6(4-13)1-2-8-9(10)7(3-12)5-14-8/h1-2,5,13H,4H2. The zero-order valence-corrected chi connectivity index (χ0v) is 7.94. The minimum absolute atomic E-state index is 0.229. The molecule has 14 heavy (non-hydrogen) atoms. The van der Waals surface area contributed by atoms with Crippen LogP contribution in [0.5, 0.6) is 0 Å². The molecule has 1 N–H and O–H groups in total. The Morgan fingerprint density at radius 2 is 2.29 bits per heavy atom. The number of benzene rings is 1. The molecule has 0 atom stereocenters. The summed E-state index contributed by atoms with van der Waals surface area (Å²) in [4.78, 5) is 0. The average Bonchev–Trinajstić information content (AvgIpc) is 2.62. The topological polar surface area (TPSA) is 44.0 Å². The summed E-state index contributed by atoms with van der Waals surface area (Å²) in [7, 11) is 0. The van der Waals surface area contributed by atoms with Gasteiger partial charge in [0, 0.05) is 21.0 Å². The molecule has 0 aliphatic heterocycles. The van der Waals surface area contributed by atoms with Crippen LogP contribution in [-0.2, 0) is 6.61 Å². The first-order valence-electron chi connectivity index (χ1n) is 3.97. The van der Waals surface area contributed by atoms with Gasteiger partial charge in [-0.1, -0.05) is 6.07 Å². The molecule has 0 amide bonds. The molecule has 0 unspecified atom stereocenters. The third-order valence-corrected chi connectivity index (χ3v) is 3.00. The molecule has 0 bridgehead atoms. The van der Waals surface area contributed by atoms with E-state index in [-0.39, 0.29) is 12.2 Å². The third-order valence-electron chi connectivity index (χ3n) is 2.05. The lowest BCUT2D eigenvalue weighted by atomic mass is 10.1. The Labute approximate surface area is 83.8 Å². The Morgan fingerprint density at radius 1 is 1.50 bits per heavy atom. The van der Waals surface area contributed by atoms with Crippen molar-refractivity contribution in [3.63, 3.8) is 0 Å². The number of fused-ring (bicyclic) bond motifs is 1. The van der Waals surface area contributed by atoms with E-state index < -0.39 is 5.82 Å². The summed E-state index contributed by atoms with van der Waals surface area (Å²) in [5, 5.41) is 19.5. The first-order valence-corrected chi connectivity index (χ1v) is 4.85. The summed E-state index contributed by atoms with van der Waals surface area (Å²) in [5.41, 5.74) is 0.560. The number of aliphatic hydroxyl groups excluding tert-OH is 1. The van der Waals surface area contributed by atoms with E-state index in [9.17, 15) is 4.39 Å².